The van der Waals surface area contributed by atoms with Gasteiger partial charge in [-0.2, -0.15) is 0 Å². The normalized spacial score (nSPS) is 21.5. The van der Waals surface area contributed by atoms with Gasteiger partial charge in [0.25, 0.3) is 0 Å². The Bertz CT molecular complexity index is 348. The van der Waals surface area contributed by atoms with Crippen LogP contribution in [0.5, 0.6) is 0 Å². The van der Waals surface area contributed by atoms with Gasteiger partial charge in [0.15, 0.2) is 0 Å². The molecule has 4 heteroatoms. The number of nitrogens with one attached hydrogen (secondary N) is 1. The molecule has 0 bridgehead atoms. The monoisotopic (exact) mass is 253 g/mol. The molecule has 0 radical (unpaired) electrons. The van der Waals surface area contributed by atoms with Crippen molar-refractivity contribution in [1.82, 2.24) is 15.2 Å². The van der Waals surface area contributed by atoms with Crippen LogP contribution in [0.25, 0.3) is 0 Å². The van der Waals surface area contributed by atoms with E-state index in [-0.39, 0.29) is 0 Å². The standard InChI is InChI=1S/C13H23N3S/c1-10(2)16-6-4-5-11(16)7-13-15-9-12(17-13)8-14-3/h9-11,14H,4-8H2,1-3H3. The van der Waals surface area contributed by atoms with Crippen LogP contribution in [-0.2, 0) is 13.0 Å². The molecule has 0 amide bonds. The highest BCUT2D eigenvalue weighted by Gasteiger charge is 2.27. The molecule has 0 aliphatic carbocycles. The van der Waals surface area contributed by atoms with Gasteiger partial charge in [0.2, 0.25) is 0 Å². The Morgan fingerprint density at radius 2 is 2.41 bits per heavy atom. The number of hydrogen-bond donors (Lipinski definition) is 1. The summed E-state index contributed by atoms with van der Waals surface area (Å²) in [5, 5.41) is 4.48. The molecule has 17 heavy (non-hydrogen) atoms. The highest BCUT2D eigenvalue weighted by atomic mass is 32.1. The number of rotatable bonds is 5. The van der Waals surface area contributed by atoms with E-state index in [0.29, 0.717) is 12.1 Å². The number of likely N-dealkylation sites (tertiary alicyclic amines) is 1. The highest BCUT2D eigenvalue weighted by Crippen LogP contribution is 2.25. The molecule has 0 aromatic carbocycles. The zero-order valence-corrected chi connectivity index (χ0v) is 11.9. The lowest BCUT2D eigenvalue weighted by Crippen LogP contribution is -2.36. The molecule has 1 atom stereocenters. The van der Waals surface area contributed by atoms with Gasteiger partial charge in [-0.05, 0) is 40.3 Å². The van der Waals surface area contributed by atoms with Crippen molar-refractivity contribution in [3.05, 3.63) is 16.1 Å². The van der Waals surface area contributed by atoms with E-state index in [1.807, 2.05) is 24.6 Å². The van der Waals surface area contributed by atoms with E-state index in [1.54, 1.807) is 0 Å². The Morgan fingerprint density at radius 1 is 1.59 bits per heavy atom. The van der Waals surface area contributed by atoms with Gasteiger partial charge in [0.1, 0.15) is 0 Å². The van der Waals surface area contributed by atoms with Crippen molar-refractivity contribution in [2.45, 2.75) is 51.7 Å². The lowest BCUT2D eigenvalue weighted by molar-refractivity contribution is 0.202. The zero-order chi connectivity index (χ0) is 12.3. The molecule has 1 aromatic rings. The SMILES string of the molecule is CNCc1cnc(CC2CCCN2C(C)C)s1. The summed E-state index contributed by atoms with van der Waals surface area (Å²) in [7, 11) is 1.98. The van der Waals surface area contributed by atoms with Crippen LogP contribution in [0, 0.1) is 0 Å². The minimum Gasteiger partial charge on any atom is -0.315 e. The number of hydrogen-bond acceptors (Lipinski definition) is 4. The summed E-state index contributed by atoms with van der Waals surface area (Å²) in [6.45, 7) is 6.80. The van der Waals surface area contributed by atoms with Crippen LogP contribution >= 0.6 is 11.3 Å². The average molecular weight is 253 g/mol. The molecule has 2 heterocycles. The van der Waals surface area contributed by atoms with Gasteiger partial charge < -0.3 is 5.32 Å². The van der Waals surface area contributed by atoms with E-state index in [1.165, 1.54) is 29.3 Å². The summed E-state index contributed by atoms with van der Waals surface area (Å²) in [6.07, 6.45) is 5.83. The molecule has 1 aliphatic rings. The van der Waals surface area contributed by atoms with Gasteiger partial charge in [-0.25, -0.2) is 4.98 Å². The van der Waals surface area contributed by atoms with Crippen LogP contribution in [-0.4, -0.2) is 35.6 Å². The summed E-state index contributed by atoms with van der Waals surface area (Å²) >= 11 is 1.86. The molecule has 1 aromatic heterocycles. The van der Waals surface area contributed by atoms with Gasteiger partial charge in [-0.3, -0.25) is 4.90 Å². The maximum Gasteiger partial charge on any atom is 0.0943 e. The summed E-state index contributed by atoms with van der Waals surface area (Å²) in [5.74, 6) is 0. The third-order valence-corrected chi connectivity index (χ3v) is 4.47. The van der Waals surface area contributed by atoms with E-state index in [0.717, 1.165) is 13.0 Å². The van der Waals surface area contributed by atoms with Gasteiger partial charge in [0.05, 0.1) is 5.01 Å². The molecule has 1 saturated heterocycles. The molecular formula is C13H23N3S. The van der Waals surface area contributed by atoms with E-state index < -0.39 is 0 Å². The Hall–Kier alpha value is -0.450. The van der Waals surface area contributed by atoms with E-state index in [4.69, 9.17) is 0 Å². The maximum absolute atomic E-state index is 4.54. The first-order chi connectivity index (χ1) is 8.20. The molecular weight excluding hydrogens is 230 g/mol. The van der Waals surface area contributed by atoms with Crippen LogP contribution in [0.4, 0.5) is 0 Å². The minimum absolute atomic E-state index is 0.666. The molecule has 0 spiro atoms. The Labute approximate surface area is 108 Å². The maximum atomic E-state index is 4.54. The second-order valence-electron chi connectivity index (χ2n) is 5.08. The van der Waals surface area contributed by atoms with Crippen LogP contribution in [0.2, 0.25) is 0 Å². The summed E-state index contributed by atoms with van der Waals surface area (Å²) in [4.78, 5) is 8.51. The van der Waals surface area contributed by atoms with Crippen molar-refractivity contribution in [2.75, 3.05) is 13.6 Å². The quantitative estimate of drug-likeness (QED) is 0.872. The number of aromatic nitrogens is 1. The van der Waals surface area contributed by atoms with Gasteiger partial charge in [-0.15, -0.1) is 11.3 Å². The van der Waals surface area contributed by atoms with Crippen molar-refractivity contribution in [3.63, 3.8) is 0 Å². The Kier molecular flexibility index (Phi) is 4.54. The topological polar surface area (TPSA) is 28.2 Å². The molecule has 1 N–H and O–H groups in total. The first-order valence-electron chi connectivity index (χ1n) is 6.54. The van der Waals surface area contributed by atoms with Crippen molar-refractivity contribution < 1.29 is 0 Å². The van der Waals surface area contributed by atoms with Crippen LogP contribution in [0.15, 0.2) is 6.20 Å². The Morgan fingerprint density at radius 3 is 3.12 bits per heavy atom. The predicted octanol–water partition coefficient (Wildman–Crippen LogP) is 2.28. The summed E-state index contributed by atoms with van der Waals surface area (Å²) in [5.41, 5.74) is 0. The molecule has 1 unspecified atom stereocenters. The highest BCUT2D eigenvalue weighted by molar-refractivity contribution is 7.11. The third kappa shape index (κ3) is 3.27. The largest absolute Gasteiger partial charge is 0.315 e. The van der Waals surface area contributed by atoms with E-state index in [2.05, 4.69) is 29.0 Å². The zero-order valence-electron chi connectivity index (χ0n) is 11.1. The van der Waals surface area contributed by atoms with Crippen molar-refractivity contribution in [1.29, 1.82) is 0 Å². The molecule has 0 saturated carbocycles. The molecule has 96 valence electrons. The van der Waals surface area contributed by atoms with Crippen molar-refractivity contribution in [2.24, 2.45) is 0 Å². The first kappa shape index (κ1) is 13.0. The van der Waals surface area contributed by atoms with Crippen molar-refractivity contribution in [3.8, 4) is 0 Å². The molecule has 1 fully saturated rings. The lowest BCUT2D eigenvalue weighted by atomic mass is 10.1. The smallest absolute Gasteiger partial charge is 0.0943 e. The second kappa shape index (κ2) is 5.94. The van der Waals surface area contributed by atoms with Crippen LogP contribution in [0.1, 0.15) is 36.6 Å². The fourth-order valence-electron chi connectivity index (χ4n) is 2.66. The molecule has 3 nitrogen and oxygen atoms in total. The number of nitrogens with zero attached hydrogens (tertiary/aromatic N) is 2. The van der Waals surface area contributed by atoms with E-state index >= 15 is 0 Å². The minimum atomic E-state index is 0.666. The van der Waals surface area contributed by atoms with E-state index in [9.17, 15) is 0 Å². The van der Waals surface area contributed by atoms with Gasteiger partial charge in [-0.1, -0.05) is 0 Å². The first-order valence-corrected chi connectivity index (χ1v) is 7.36. The molecule has 2 rings (SSSR count). The van der Waals surface area contributed by atoms with Gasteiger partial charge >= 0.3 is 0 Å². The predicted molar refractivity (Wildman–Crippen MR) is 73.4 cm³/mol. The van der Waals surface area contributed by atoms with Crippen LogP contribution in [0.3, 0.4) is 0 Å². The lowest BCUT2D eigenvalue weighted by Gasteiger charge is -2.27. The summed E-state index contributed by atoms with van der Waals surface area (Å²) < 4.78 is 0. The fourth-order valence-corrected chi connectivity index (χ4v) is 3.66. The fraction of sp³-hybridized carbons (Fsp3) is 0.769. The average Bonchev–Trinajstić information content (AvgIpc) is 2.89. The van der Waals surface area contributed by atoms with Crippen molar-refractivity contribution >= 4 is 11.3 Å². The second-order valence-corrected chi connectivity index (χ2v) is 6.28. The summed E-state index contributed by atoms with van der Waals surface area (Å²) in [6, 6.07) is 1.38. The number of thiazole rings is 1. The van der Waals surface area contributed by atoms with Crippen LogP contribution < -0.4 is 5.32 Å². The van der Waals surface area contributed by atoms with Gasteiger partial charge in [0, 0.05) is 36.1 Å². The molecule has 1 aliphatic heterocycles. The third-order valence-electron chi connectivity index (χ3n) is 3.45. The Balaban J connectivity index is 1.95.